The van der Waals surface area contributed by atoms with Gasteiger partial charge in [0, 0.05) is 25.7 Å². The van der Waals surface area contributed by atoms with Crippen molar-refractivity contribution in [3.8, 4) is 0 Å². The summed E-state index contributed by atoms with van der Waals surface area (Å²) < 4.78 is 5.35. The third-order valence-electron chi connectivity index (χ3n) is 4.31. The van der Waals surface area contributed by atoms with Crippen LogP contribution < -0.4 is 0 Å². The monoisotopic (exact) mass is 329 g/mol. The van der Waals surface area contributed by atoms with Gasteiger partial charge in [-0.15, -0.1) is 0 Å². The predicted octanol–water partition coefficient (Wildman–Crippen LogP) is 3.57. The Kier molecular flexibility index (Phi) is 6.55. The summed E-state index contributed by atoms with van der Waals surface area (Å²) in [5.41, 5.74) is 1.62. The van der Waals surface area contributed by atoms with Gasteiger partial charge in [-0.3, -0.25) is 9.69 Å². The average Bonchev–Trinajstić information content (AvgIpc) is 3.04. The third-order valence-corrected chi connectivity index (χ3v) is 4.31. The molecular weight excluding hydrogens is 302 g/mol. The van der Waals surface area contributed by atoms with Crippen molar-refractivity contribution in [2.75, 3.05) is 14.1 Å². The van der Waals surface area contributed by atoms with Crippen molar-refractivity contribution in [3.63, 3.8) is 0 Å². The minimum atomic E-state index is -0.0792. The Hall–Kier alpha value is -2.14. The lowest BCUT2D eigenvalue weighted by atomic mass is 10.1. The second-order valence-electron chi connectivity index (χ2n) is 6.22. The van der Waals surface area contributed by atoms with Crippen molar-refractivity contribution >= 4 is 5.91 Å². The summed E-state index contributed by atoms with van der Waals surface area (Å²) in [5.74, 6) is 0.624. The molecule has 24 heavy (non-hydrogen) atoms. The molecular formula is C19H27N3O2. The van der Waals surface area contributed by atoms with Gasteiger partial charge >= 0.3 is 0 Å². The van der Waals surface area contributed by atoms with Gasteiger partial charge in [0.2, 0.25) is 0 Å². The van der Waals surface area contributed by atoms with Crippen molar-refractivity contribution < 1.29 is 9.32 Å². The summed E-state index contributed by atoms with van der Waals surface area (Å²) >= 11 is 0. The lowest BCUT2D eigenvalue weighted by Gasteiger charge is -2.25. The smallest absolute Gasteiger partial charge is 0.276 e. The van der Waals surface area contributed by atoms with Gasteiger partial charge in [-0.1, -0.05) is 49.3 Å². The van der Waals surface area contributed by atoms with E-state index in [2.05, 4.69) is 36.0 Å². The van der Waals surface area contributed by atoms with Crippen molar-refractivity contribution in [2.24, 2.45) is 0 Å². The summed E-state index contributed by atoms with van der Waals surface area (Å²) in [6.07, 6.45) is 1.87. The molecule has 5 nitrogen and oxygen atoms in total. The Morgan fingerprint density at radius 2 is 1.79 bits per heavy atom. The van der Waals surface area contributed by atoms with Gasteiger partial charge in [-0.2, -0.15) is 0 Å². The minimum Gasteiger partial charge on any atom is -0.359 e. The van der Waals surface area contributed by atoms with E-state index in [0.717, 1.165) is 19.4 Å². The van der Waals surface area contributed by atoms with Crippen LogP contribution in [0.15, 0.2) is 40.9 Å². The van der Waals surface area contributed by atoms with Crippen LogP contribution in [0.25, 0.3) is 0 Å². The molecule has 0 atom stereocenters. The molecule has 0 radical (unpaired) electrons. The normalized spacial score (nSPS) is 11.2. The van der Waals surface area contributed by atoms with E-state index in [0.29, 0.717) is 18.0 Å². The molecule has 1 aromatic carbocycles. The molecule has 0 aliphatic rings. The number of hydrogen-bond donors (Lipinski definition) is 0. The van der Waals surface area contributed by atoms with E-state index in [1.165, 1.54) is 5.56 Å². The molecule has 1 heterocycles. The van der Waals surface area contributed by atoms with E-state index >= 15 is 0 Å². The fourth-order valence-electron chi connectivity index (χ4n) is 2.89. The van der Waals surface area contributed by atoms with Crippen LogP contribution in [-0.2, 0) is 13.1 Å². The van der Waals surface area contributed by atoms with Crippen molar-refractivity contribution in [1.82, 2.24) is 15.0 Å². The fraction of sp³-hybridized carbons (Fsp3) is 0.474. The van der Waals surface area contributed by atoms with Crippen LogP contribution >= 0.6 is 0 Å². The number of aromatic nitrogens is 1. The first-order chi connectivity index (χ1) is 11.5. The quantitative estimate of drug-likeness (QED) is 0.743. The second kappa shape index (κ2) is 8.64. The first-order valence-electron chi connectivity index (χ1n) is 8.50. The van der Waals surface area contributed by atoms with Gasteiger partial charge in [0.05, 0.1) is 6.54 Å². The fourth-order valence-corrected chi connectivity index (χ4v) is 2.89. The zero-order valence-electron chi connectivity index (χ0n) is 15.0. The minimum absolute atomic E-state index is 0.0792. The van der Waals surface area contributed by atoms with Gasteiger partial charge in [0.1, 0.15) is 0 Å². The predicted molar refractivity (Wildman–Crippen MR) is 94.6 cm³/mol. The zero-order valence-corrected chi connectivity index (χ0v) is 15.0. The van der Waals surface area contributed by atoms with Gasteiger partial charge in [0.25, 0.3) is 5.91 Å². The summed E-state index contributed by atoms with van der Waals surface area (Å²) in [7, 11) is 3.85. The number of nitrogens with zero attached hydrogens (tertiary/aromatic N) is 3. The maximum absolute atomic E-state index is 12.5. The lowest BCUT2D eigenvalue weighted by Crippen LogP contribution is -2.36. The first-order valence-corrected chi connectivity index (χ1v) is 8.50. The van der Waals surface area contributed by atoms with Crippen LogP contribution in [0.1, 0.15) is 48.5 Å². The molecule has 0 unspecified atom stereocenters. The Balaban J connectivity index is 1.96. The van der Waals surface area contributed by atoms with Crippen LogP contribution in [0.5, 0.6) is 0 Å². The average molecular weight is 329 g/mol. The standard InChI is InChI=1S/C19H27N3O2/c1-5-16(6-2)22(4)19(23)18-12-17(24-20-18)14-21(3)13-15-10-8-7-9-11-15/h7-12,16H,5-6,13-14H2,1-4H3. The van der Waals surface area contributed by atoms with Crippen molar-refractivity contribution in [3.05, 3.63) is 53.4 Å². The van der Waals surface area contributed by atoms with E-state index in [9.17, 15) is 4.79 Å². The third kappa shape index (κ3) is 4.68. The van der Waals surface area contributed by atoms with E-state index in [1.807, 2.05) is 32.3 Å². The SMILES string of the molecule is CCC(CC)N(C)C(=O)c1cc(CN(C)Cc2ccccc2)on1. The molecule has 1 aromatic heterocycles. The van der Waals surface area contributed by atoms with Crippen LogP contribution in [0.3, 0.4) is 0 Å². The highest BCUT2D eigenvalue weighted by atomic mass is 16.5. The number of amides is 1. The molecule has 2 rings (SSSR count). The molecule has 0 saturated carbocycles. The highest BCUT2D eigenvalue weighted by Gasteiger charge is 2.22. The molecule has 0 saturated heterocycles. The largest absolute Gasteiger partial charge is 0.359 e. The molecule has 130 valence electrons. The summed E-state index contributed by atoms with van der Waals surface area (Å²) in [4.78, 5) is 16.4. The zero-order chi connectivity index (χ0) is 17.5. The first kappa shape index (κ1) is 18.2. The topological polar surface area (TPSA) is 49.6 Å². The Morgan fingerprint density at radius 3 is 2.42 bits per heavy atom. The van der Waals surface area contributed by atoms with E-state index in [4.69, 9.17) is 4.52 Å². The molecule has 0 aliphatic heterocycles. The molecule has 0 N–H and O–H groups in total. The number of carbonyl (C=O) groups excluding carboxylic acids is 1. The van der Waals surface area contributed by atoms with Crippen LogP contribution in [-0.4, -0.2) is 41.0 Å². The molecule has 0 fully saturated rings. The summed E-state index contributed by atoms with van der Waals surface area (Å²) in [6, 6.07) is 12.2. The Labute approximate surface area is 144 Å². The molecule has 0 bridgehead atoms. The molecule has 2 aromatic rings. The Bertz CT molecular complexity index is 635. The van der Waals surface area contributed by atoms with Crippen LogP contribution in [0.4, 0.5) is 0 Å². The van der Waals surface area contributed by atoms with Gasteiger partial charge in [-0.05, 0) is 25.5 Å². The maximum Gasteiger partial charge on any atom is 0.276 e. The number of rotatable bonds is 8. The molecule has 0 spiro atoms. The summed E-state index contributed by atoms with van der Waals surface area (Å²) in [6.45, 7) is 5.61. The highest BCUT2D eigenvalue weighted by molar-refractivity contribution is 5.92. The number of carbonyl (C=O) groups is 1. The molecule has 5 heteroatoms. The maximum atomic E-state index is 12.5. The number of hydrogen-bond acceptors (Lipinski definition) is 4. The lowest BCUT2D eigenvalue weighted by molar-refractivity contribution is 0.0713. The van der Waals surface area contributed by atoms with Crippen LogP contribution in [0.2, 0.25) is 0 Å². The second-order valence-corrected chi connectivity index (χ2v) is 6.22. The van der Waals surface area contributed by atoms with Gasteiger partial charge < -0.3 is 9.42 Å². The summed E-state index contributed by atoms with van der Waals surface area (Å²) in [5, 5.41) is 3.96. The van der Waals surface area contributed by atoms with E-state index < -0.39 is 0 Å². The van der Waals surface area contributed by atoms with Crippen molar-refractivity contribution in [1.29, 1.82) is 0 Å². The van der Waals surface area contributed by atoms with Crippen molar-refractivity contribution in [2.45, 2.75) is 45.8 Å². The number of benzene rings is 1. The highest BCUT2D eigenvalue weighted by Crippen LogP contribution is 2.14. The Morgan fingerprint density at radius 1 is 1.12 bits per heavy atom. The van der Waals surface area contributed by atoms with Crippen LogP contribution in [0, 0.1) is 0 Å². The molecule has 1 amide bonds. The van der Waals surface area contributed by atoms with E-state index in [1.54, 1.807) is 11.0 Å². The van der Waals surface area contributed by atoms with E-state index in [-0.39, 0.29) is 11.9 Å². The van der Waals surface area contributed by atoms with Gasteiger partial charge in [0.15, 0.2) is 11.5 Å². The van der Waals surface area contributed by atoms with Gasteiger partial charge in [-0.25, -0.2) is 0 Å². The molecule has 0 aliphatic carbocycles.